The summed E-state index contributed by atoms with van der Waals surface area (Å²) in [6.45, 7) is 0. The predicted molar refractivity (Wildman–Crippen MR) is 38.6 cm³/mol. The van der Waals surface area contributed by atoms with E-state index in [-0.39, 0.29) is 0 Å². The predicted octanol–water partition coefficient (Wildman–Crippen LogP) is -1.27. The molecule has 0 bridgehead atoms. The molecule has 0 heterocycles. The van der Waals surface area contributed by atoms with Gasteiger partial charge in [0.25, 0.3) is 0 Å². The molecule has 0 amide bonds. The molecule has 0 spiro atoms. The van der Waals surface area contributed by atoms with Gasteiger partial charge in [-0.05, 0) is 0 Å². The van der Waals surface area contributed by atoms with E-state index in [9.17, 15) is 18.9 Å². The summed E-state index contributed by atoms with van der Waals surface area (Å²) >= 11 is 0. The van der Waals surface area contributed by atoms with E-state index < -0.39 is 23.9 Å². The van der Waals surface area contributed by atoms with Crippen LogP contribution in [-0.4, -0.2) is 14.7 Å². The van der Waals surface area contributed by atoms with Gasteiger partial charge in [-0.15, -0.1) is 0 Å². The first-order valence-electron chi connectivity index (χ1n) is 2.36. The fourth-order valence-electron chi connectivity index (χ4n) is 0.109. The molecule has 0 aromatic heterocycles. The molecule has 3 N–H and O–H groups in total. The highest BCUT2D eigenvalue weighted by atomic mass is 31.2. The zero-order chi connectivity index (χ0) is 11.1. The molecule has 0 radical (unpaired) electrons. The number of hydrogen-bond acceptors (Lipinski definition) is 5. The Morgan fingerprint density at radius 2 is 1.15 bits per heavy atom. The fraction of sp³-hybridized carbons (Fsp3) is 0. The summed E-state index contributed by atoms with van der Waals surface area (Å²) in [5.41, 5.74) is 0. The van der Waals surface area contributed by atoms with Crippen LogP contribution in [-0.2, 0) is 13.7 Å². The Morgan fingerprint density at radius 1 is 1.00 bits per heavy atom. The van der Waals surface area contributed by atoms with E-state index in [2.05, 4.69) is 0 Å². The van der Waals surface area contributed by atoms with E-state index in [0.717, 1.165) is 0 Å². The van der Waals surface area contributed by atoms with E-state index in [1.807, 2.05) is 0 Å². The van der Waals surface area contributed by atoms with Crippen LogP contribution in [0, 0.1) is 0 Å². The molecule has 8 nitrogen and oxygen atoms in total. The van der Waals surface area contributed by atoms with E-state index in [4.69, 9.17) is 19.2 Å². The first-order chi connectivity index (χ1) is 5.63. The van der Waals surface area contributed by atoms with Crippen LogP contribution < -0.4 is 9.79 Å². The lowest BCUT2D eigenvalue weighted by Crippen LogP contribution is -1.82. The van der Waals surface area contributed by atoms with E-state index in [0.29, 0.717) is 11.6 Å². The molecule has 0 aromatic rings. The Labute approximate surface area is 74.5 Å². The lowest BCUT2D eigenvalue weighted by Gasteiger charge is -1.82. The molecule has 0 aliphatic carbocycles. The lowest BCUT2D eigenvalue weighted by atomic mass is 11.3. The third-order valence-electron chi connectivity index (χ3n) is 0.310. The van der Waals surface area contributed by atoms with Crippen molar-refractivity contribution in [2.45, 2.75) is 0 Å². The van der Waals surface area contributed by atoms with Crippen molar-refractivity contribution in [2.75, 3.05) is 0 Å². The van der Waals surface area contributed by atoms with Gasteiger partial charge in [0.2, 0.25) is 0 Å². The van der Waals surface area contributed by atoms with E-state index in [1.54, 1.807) is 0 Å². The van der Waals surface area contributed by atoms with Crippen LogP contribution in [0.2, 0.25) is 0 Å². The Morgan fingerprint density at radius 3 is 1.23 bits per heavy atom. The van der Waals surface area contributed by atoms with Crippen LogP contribution in [0.4, 0.5) is 0 Å². The maximum atomic E-state index is 9.59. The van der Waals surface area contributed by atoms with Crippen LogP contribution in [0.3, 0.4) is 0 Å². The van der Waals surface area contributed by atoms with Gasteiger partial charge in [0.05, 0.1) is 0 Å². The third kappa shape index (κ3) is 48.2. The quantitative estimate of drug-likeness (QED) is 0.511. The van der Waals surface area contributed by atoms with Crippen molar-refractivity contribution in [3.05, 3.63) is 11.6 Å². The Balaban J connectivity index is 0. The Kier molecular flexibility index (Phi) is 8.77. The summed E-state index contributed by atoms with van der Waals surface area (Å²) in [5, 5.41) is 0. The smallest absolute Gasteiger partial charge is 0.466 e. The third-order valence-corrected chi connectivity index (χ3v) is 1.33. The molecule has 0 aliphatic rings. The highest BCUT2D eigenvalue weighted by molar-refractivity contribution is 7.45. The molecule has 0 rings (SSSR count). The molecule has 2 atom stereocenters. The van der Waals surface area contributed by atoms with Crippen LogP contribution in [0.5, 0.6) is 0 Å². The first kappa shape index (κ1) is 15.4. The maximum Gasteiger partial charge on any atom is 0.466 e. The lowest BCUT2D eigenvalue weighted by molar-refractivity contribution is -0.163. The summed E-state index contributed by atoms with van der Waals surface area (Å²) in [5.74, 6) is 1.20. The standard InChI is InChI=1S/C2H2O4P2.H3O4P/c3-7(4)1-2-8(5)6;1-5(2,3)4/h1-2H;(H3,1,2,3,4). The van der Waals surface area contributed by atoms with Crippen molar-refractivity contribution in [1.29, 1.82) is 0 Å². The monoisotopic (exact) mass is 250 g/mol. The summed E-state index contributed by atoms with van der Waals surface area (Å²) < 4.78 is 28.1. The van der Waals surface area contributed by atoms with Crippen molar-refractivity contribution in [2.24, 2.45) is 0 Å². The summed E-state index contributed by atoms with van der Waals surface area (Å²) in [7, 11) is -10.0. The average molecular weight is 250 g/mol. The van der Waals surface area contributed by atoms with Crippen molar-refractivity contribution in [3.8, 4) is 0 Å². The van der Waals surface area contributed by atoms with Crippen molar-refractivity contribution < 1.29 is 38.2 Å². The van der Waals surface area contributed by atoms with Gasteiger partial charge in [-0.1, -0.05) is 9.13 Å². The normalized spacial score (nSPS) is 13.3. The average Bonchev–Trinajstić information content (AvgIpc) is 1.79. The van der Waals surface area contributed by atoms with E-state index in [1.165, 1.54) is 0 Å². The van der Waals surface area contributed by atoms with Crippen LogP contribution >= 0.6 is 23.9 Å². The molecule has 0 aliphatic heterocycles. The molecular formula is C2H5O8P3. The van der Waals surface area contributed by atoms with Gasteiger partial charge >= 0.3 is 23.9 Å². The minimum absolute atomic E-state index is 0.598. The molecular weight excluding hydrogens is 245 g/mol. The second kappa shape index (κ2) is 7.38. The van der Waals surface area contributed by atoms with Gasteiger partial charge in [0, 0.05) is 0 Å². The van der Waals surface area contributed by atoms with Crippen LogP contribution in [0.15, 0.2) is 11.6 Å². The zero-order valence-electron chi connectivity index (χ0n) is 5.88. The van der Waals surface area contributed by atoms with Gasteiger partial charge in [-0.2, -0.15) is 0 Å². The minimum Gasteiger partial charge on any atom is -0.591 e. The highest BCUT2D eigenvalue weighted by Crippen LogP contribution is 2.25. The summed E-state index contributed by atoms with van der Waals surface area (Å²) in [6, 6.07) is 0. The van der Waals surface area contributed by atoms with Gasteiger partial charge in [-0.3, -0.25) is 0 Å². The van der Waals surface area contributed by atoms with E-state index >= 15 is 0 Å². The first-order valence-corrected chi connectivity index (χ1v) is 6.42. The van der Waals surface area contributed by atoms with Crippen molar-refractivity contribution >= 4 is 23.9 Å². The number of rotatable bonds is 2. The maximum absolute atomic E-state index is 9.59. The second-order valence-electron chi connectivity index (χ2n) is 1.38. The molecule has 13 heavy (non-hydrogen) atoms. The van der Waals surface area contributed by atoms with Gasteiger partial charge in [0.1, 0.15) is 0 Å². The molecule has 2 unspecified atom stereocenters. The Hall–Kier alpha value is -0.0300. The topological polar surface area (TPSA) is 158 Å². The minimum atomic E-state index is -4.64. The fourth-order valence-corrected chi connectivity index (χ4v) is 0.980. The van der Waals surface area contributed by atoms with Crippen molar-refractivity contribution in [3.63, 3.8) is 0 Å². The van der Waals surface area contributed by atoms with Crippen molar-refractivity contribution in [1.82, 2.24) is 0 Å². The van der Waals surface area contributed by atoms with Crippen LogP contribution in [0.1, 0.15) is 0 Å². The molecule has 0 fully saturated rings. The highest BCUT2D eigenvalue weighted by Gasteiger charge is 2.00. The van der Waals surface area contributed by atoms with Gasteiger partial charge < -0.3 is 24.5 Å². The second-order valence-corrected chi connectivity index (χ2v) is 4.15. The molecule has 0 saturated carbocycles. The van der Waals surface area contributed by atoms with Crippen LogP contribution in [0.25, 0.3) is 0 Å². The largest absolute Gasteiger partial charge is 0.591 e. The zero-order valence-corrected chi connectivity index (χ0v) is 8.56. The number of hydrogen-bond donors (Lipinski definition) is 3. The molecule has 0 aromatic carbocycles. The number of phosphoric acid groups is 1. The molecule has 0 saturated heterocycles. The Bertz CT molecular complexity index is 226. The van der Waals surface area contributed by atoms with Gasteiger partial charge in [-0.25, -0.2) is 4.57 Å². The van der Waals surface area contributed by atoms with Gasteiger partial charge in [0.15, 0.2) is 11.6 Å². The SMILES string of the molecule is O=P(O)(O)O.O=[P+]([O-])C=C[P+](=O)[O-]. The molecule has 11 heteroatoms. The summed E-state index contributed by atoms with van der Waals surface area (Å²) in [4.78, 5) is 40.7. The molecule has 76 valence electrons. The summed E-state index contributed by atoms with van der Waals surface area (Å²) in [6.07, 6.45) is 0.